The Kier molecular flexibility index (Phi) is 5.32. The van der Waals surface area contributed by atoms with Crippen molar-refractivity contribution in [3.05, 3.63) is 47.3 Å². The zero-order chi connectivity index (χ0) is 28.5. The van der Waals surface area contributed by atoms with Crippen molar-refractivity contribution < 1.29 is 9.90 Å². The Balaban J connectivity index is 1.35. The van der Waals surface area contributed by atoms with Gasteiger partial charge in [-0.3, -0.25) is 4.79 Å². The summed E-state index contributed by atoms with van der Waals surface area (Å²) >= 11 is 0. The maximum Gasteiger partial charge on any atom is 0.310 e. The first kappa shape index (κ1) is 26.7. The molecular formula is C36H48N2O2. The molecule has 3 fully saturated rings. The van der Waals surface area contributed by atoms with Crippen LogP contribution in [0.4, 0.5) is 0 Å². The van der Waals surface area contributed by atoms with E-state index >= 15 is 0 Å². The predicted molar refractivity (Wildman–Crippen MR) is 160 cm³/mol. The Morgan fingerprint density at radius 3 is 2.25 bits per heavy atom. The molecule has 4 nitrogen and oxygen atoms in total. The number of benzene rings is 1. The molecule has 1 unspecified atom stereocenters. The third-order valence-corrected chi connectivity index (χ3v) is 14.0. The molecule has 0 saturated heterocycles. The van der Waals surface area contributed by atoms with Crippen LogP contribution in [0.15, 0.2) is 35.9 Å². The number of carbonyl (C=O) groups is 1. The molecule has 1 aromatic carbocycles. The molecule has 4 heteroatoms. The van der Waals surface area contributed by atoms with Crippen LogP contribution in [-0.2, 0) is 16.6 Å². The SMILES string of the molecule is CC1(C)CC[C@]2(C(=O)O)CC[C@]3(C)C(=CC[C@@H]4[C@@]5(C)Cc6nc7ccccc7nc6C(C)(C)C5CC[C@]43C)[C@@H]2C1. The van der Waals surface area contributed by atoms with Gasteiger partial charge in [0.25, 0.3) is 0 Å². The van der Waals surface area contributed by atoms with Crippen molar-refractivity contribution in [1.29, 1.82) is 0 Å². The number of para-hydroxylation sites is 2. The highest BCUT2D eigenvalue weighted by Gasteiger charge is 2.69. The number of hydrogen-bond donors (Lipinski definition) is 1. The van der Waals surface area contributed by atoms with Crippen molar-refractivity contribution in [2.45, 2.75) is 112 Å². The van der Waals surface area contributed by atoms with Gasteiger partial charge in [-0.15, -0.1) is 0 Å². The number of hydrogen-bond acceptors (Lipinski definition) is 3. The lowest BCUT2D eigenvalue weighted by molar-refractivity contribution is -0.177. The van der Waals surface area contributed by atoms with Crippen molar-refractivity contribution >= 4 is 17.0 Å². The highest BCUT2D eigenvalue weighted by Crippen LogP contribution is 2.75. The predicted octanol–water partition coefficient (Wildman–Crippen LogP) is 8.53. The zero-order valence-corrected chi connectivity index (χ0v) is 25.7. The quantitative estimate of drug-likeness (QED) is 0.368. The summed E-state index contributed by atoms with van der Waals surface area (Å²) in [7, 11) is 0. The molecule has 2 aromatic rings. The van der Waals surface area contributed by atoms with Gasteiger partial charge in [0.05, 0.1) is 27.8 Å². The van der Waals surface area contributed by atoms with E-state index in [2.05, 4.69) is 78.8 Å². The zero-order valence-electron chi connectivity index (χ0n) is 25.7. The fraction of sp³-hybridized carbons (Fsp3) is 0.694. The fourth-order valence-corrected chi connectivity index (χ4v) is 11.6. The van der Waals surface area contributed by atoms with Gasteiger partial charge in [0.2, 0.25) is 0 Å². The highest BCUT2D eigenvalue weighted by molar-refractivity contribution is 5.77. The second-order valence-electron chi connectivity index (χ2n) is 16.6. The number of allylic oxidation sites excluding steroid dienone is 2. The van der Waals surface area contributed by atoms with E-state index in [-0.39, 0.29) is 33.0 Å². The summed E-state index contributed by atoms with van der Waals surface area (Å²) in [6.07, 6.45) is 11.7. The van der Waals surface area contributed by atoms with Gasteiger partial charge in [0, 0.05) is 5.41 Å². The molecule has 5 aliphatic carbocycles. The van der Waals surface area contributed by atoms with Crippen molar-refractivity contribution in [3.8, 4) is 0 Å². The molecule has 214 valence electrons. The molecule has 1 aromatic heterocycles. The number of fused-ring (bicyclic) bond motifs is 9. The molecule has 1 N–H and O–H groups in total. The molecule has 5 aliphatic rings. The van der Waals surface area contributed by atoms with Crippen LogP contribution in [0.5, 0.6) is 0 Å². The summed E-state index contributed by atoms with van der Waals surface area (Å²) in [4.78, 5) is 23.4. The minimum Gasteiger partial charge on any atom is -0.481 e. The van der Waals surface area contributed by atoms with Gasteiger partial charge in [-0.1, -0.05) is 72.2 Å². The molecular weight excluding hydrogens is 492 g/mol. The number of nitrogens with zero attached hydrogens (tertiary/aromatic N) is 2. The van der Waals surface area contributed by atoms with E-state index in [4.69, 9.17) is 9.97 Å². The van der Waals surface area contributed by atoms with E-state index in [1.165, 1.54) is 29.8 Å². The van der Waals surface area contributed by atoms with Crippen molar-refractivity contribution in [3.63, 3.8) is 0 Å². The Bertz CT molecular complexity index is 1460. The minimum absolute atomic E-state index is 0.0377. The van der Waals surface area contributed by atoms with Crippen LogP contribution in [0.2, 0.25) is 0 Å². The Morgan fingerprint density at radius 1 is 0.875 bits per heavy atom. The van der Waals surface area contributed by atoms with Crippen LogP contribution in [0.1, 0.15) is 111 Å². The van der Waals surface area contributed by atoms with Crippen LogP contribution in [0, 0.1) is 44.8 Å². The third kappa shape index (κ3) is 3.17. The summed E-state index contributed by atoms with van der Waals surface area (Å²) in [6.45, 7) is 17.3. The molecule has 0 amide bonds. The maximum atomic E-state index is 12.9. The summed E-state index contributed by atoms with van der Waals surface area (Å²) in [5.74, 6) is 0.712. The normalized spacial score (nSPS) is 42.9. The molecule has 7 rings (SSSR count). The summed E-state index contributed by atoms with van der Waals surface area (Å²) in [5.41, 5.74) is 5.84. The average Bonchev–Trinajstić information content (AvgIpc) is 2.87. The van der Waals surface area contributed by atoms with E-state index in [1.54, 1.807) is 0 Å². The molecule has 0 bridgehead atoms. The van der Waals surface area contributed by atoms with Gasteiger partial charge >= 0.3 is 5.97 Å². The van der Waals surface area contributed by atoms with Crippen molar-refractivity contribution in [2.75, 3.05) is 0 Å². The van der Waals surface area contributed by atoms with Crippen LogP contribution >= 0.6 is 0 Å². The lowest BCUT2D eigenvalue weighted by Gasteiger charge is -2.70. The number of aromatic nitrogens is 2. The fourth-order valence-electron chi connectivity index (χ4n) is 11.6. The lowest BCUT2D eigenvalue weighted by atomic mass is 9.34. The summed E-state index contributed by atoms with van der Waals surface area (Å²) < 4.78 is 0. The van der Waals surface area contributed by atoms with E-state index in [9.17, 15) is 9.90 Å². The van der Waals surface area contributed by atoms with Crippen molar-refractivity contribution in [2.24, 2.45) is 44.8 Å². The topological polar surface area (TPSA) is 63.1 Å². The van der Waals surface area contributed by atoms with E-state index in [0.29, 0.717) is 11.8 Å². The third-order valence-electron chi connectivity index (χ3n) is 14.0. The first-order valence-electron chi connectivity index (χ1n) is 15.9. The molecule has 0 radical (unpaired) electrons. The van der Waals surface area contributed by atoms with Gasteiger partial charge in [-0.05, 0) is 109 Å². The Morgan fingerprint density at radius 2 is 1.55 bits per heavy atom. The molecule has 3 saturated carbocycles. The summed E-state index contributed by atoms with van der Waals surface area (Å²) in [5, 5.41) is 10.6. The molecule has 7 atom stereocenters. The van der Waals surface area contributed by atoms with E-state index < -0.39 is 11.4 Å². The number of aliphatic carboxylic acids is 1. The second-order valence-corrected chi connectivity index (χ2v) is 16.6. The summed E-state index contributed by atoms with van der Waals surface area (Å²) in [6, 6.07) is 8.35. The first-order valence-corrected chi connectivity index (χ1v) is 15.9. The van der Waals surface area contributed by atoms with Crippen molar-refractivity contribution in [1.82, 2.24) is 9.97 Å². The average molecular weight is 541 g/mol. The highest BCUT2D eigenvalue weighted by atomic mass is 16.4. The molecule has 0 aliphatic heterocycles. The van der Waals surface area contributed by atoms with Gasteiger partial charge in [0.15, 0.2) is 0 Å². The number of carboxylic acids is 1. The standard InChI is InChI=1S/C36H48N2O2/c1-31(2)16-18-36(30(39)40)19-17-34(6)22(23(36)20-31)12-13-28-33(5)21-26-29(38-25-11-9-8-10-24(25)37-26)32(3,4)27(33)14-15-35(28,34)7/h8-12,23,27-28H,13-21H2,1-7H3,(H,39,40)/t23-,27?,28+,33-,34+,35+,36-/m0/s1. The maximum absolute atomic E-state index is 12.9. The Hall–Kier alpha value is -2.23. The van der Waals surface area contributed by atoms with Gasteiger partial charge in [0.1, 0.15) is 0 Å². The lowest BCUT2D eigenvalue weighted by Crippen LogP contribution is -2.65. The monoisotopic (exact) mass is 540 g/mol. The molecule has 0 spiro atoms. The first-order chi connectivity index (χ1) is 18.7. The molecule has 40 heavy (non-hydrogen) atoms. The number of carboxylic acid groups (broad SMARTS) is 1. The second kappa shape index (κ2) is 7.98. The minimum atomic E-state index is -0.576. The van der Waals surface area contributed by atoms with Crippen LogP contribution < -0.4 is 0 Å². The van der Waals surface area contributed by atoms with Gasteiger partial charge < -0.3 is 5.11 Å². The van der Waals surface area contributed by atoms with Crippen LogP contribution in [-0.4, -0.2) is 21.0 Å². The number of rotatable bonds is 1. The van der Waals surface area contributed by atoms with Gasteiger partial charge in [-0.25, -0.2) is 9.97 Å². The van der Waals surface area contributed by atoms with Crippen LogP contribution in [0.3, 0.4) is 0 Å². The largest absolute Gasteiger partial charge is 0.481 e. The van der Waals surface area contributed by atoms with E-state index in [1.807, 2.05) is 0 Å². The Labute approximate surface area is 240 Å². The van der Waals surface area contributed by atoms with Crippen LogP contribution in [0.25, 0.3) is 11.0 Å². The smallest absolute Gasteiger partial charge is 0.310 e. The molecule has 1 heterocycles. The van der Waals surface area contributed by atoms with Gasteiger partial charge in [-0.2, -0.15) is 0 Å². The van der Waals surface area contributed by atoms with E-state index in [0.717, 1.165) is 56.0 Å².